The largest absolute Gasteiger partial charge is 0.324 e. The first-order valence-corrected chi connectivity index (χ1v) is 6.02. The summed E-state index contributed by atoms with van der Waals surface area (Å²) >= 11 is 0. The molecule has 0 radical (unpaired) electrons. The molecule has 0 saturated carbocycles. The first-order valence-electron chi connectivity index (χ1n) is 6.02. The van der Waals surface area contributed by atoms with Crippen molar-refractivity contribution in [3.8, 4) is 0 Å². The molecule has 1 aromatic heterocycles. The fraction of sp³-hybridized carbons (Fsp3) is 0.500. The van der Waals surface area contributed by atoms with Crippen molar-refractivity contribution in [3.63, 3.8) is 0 Å². The van der Waals surface area contributed by atoms with Crippen molar-refractivity contribution in [1.82, 2.24) is 4.98 Å². The average Bonchev–Trinajstić information content (AvgIpc) is 2.29. The average molecular weight is 218 g/mol. The van der Waals surface area contributed by atoms with Gasteiger partial charge in [-0.05, 0) is 43.4 Å². The van der Waals surface area contributed by atoms with Gasteiger partial charge in [-0.15, -0.1) is 6.58 Å². The smallest absolute Gasteiger partial charge is 0.0300 e. The van der Waals surface area contributed by atoms with Gasteiger partial charge in [0.25, 0.3) is 0 Å². The predicted molar refractivity (Wildman–Crippen MR) is 69.2 cm³/mol. The van der Waals surface area contributed by atoms with Crippen LogP contribution in [0.4, 0.5) is 0 Å². The highest BCUT2D eigenvalue weighted by atomic mass is 14.7. The van der Waals surface area contributed by atoms with Crippen LogP contribution in [0.25, 0.3) is 0 Å². The minimum atomic E-state index is 0.159. The third-order valence-corrected chi connectivity index (χ3v) is 2.89. The first-order chi connectivity index (χ1) is 7.75. The van der Waals surface area contributed by atoms with Crippen LogP contribution in [0.2, 0.25) is 0 Å². The second-order valence-corrected chi connectivity index (χ2v) is 4.27. The zero-order valence-corrected chi connectivity index (χ0v) is 10.2. The Labute approximate surface area is 98.6 Å². The molecule has 0 aromatic carbocycles. The van der Waals surface area contributed by atoms with Gasteiger partial charge >= 0.3 is 0 Å². The number of allylic oxidation sites excluding steroid dienone is 1. The number of aryl methyl sites for hydroxylation is 1. The molecule has 0 bridgehead atoms. The van der Waals surface area contributed by atoms with E-state index in [9.17, 15) is 0 Å². The van der Waals surface area contributed by atoms with Gasteiger partial charge in [-0.1, -0.05) is 18.9 Å². The van der Waals surface area contributed by atoms with Crippen molar-refractivity contribution in [1.29, 1.82) is 0 Å². The molecule has 1 heterocycles. The van der Waals surface area contributed by atoms with Crippen molar-refractivity contribution < 1.29 is 0 Å². The number of pyridine rings is 1. The van der Waals surface area contributed by atoms with Gasteiger partial charge in [0.15, 0.2) is 0 Å². The van der Waals surface area contributed by atoms with E-state index >= 15 is 0 Å². The Bertz CT molecular complexity index is 320. The van der Waals surface area contributed by atoms with Crippen LogP contribution in [0.5, 0.6) is 0 Å². The van der Waals surface area contributed by atoms with Crippen LogP contribution < -0.4 is 5.73 Å². The molecule has 0 saturated heterocycles. The number of hydrogen-bond acceptors (Lipinski definition) is 2. The molecule has 0 aliphatic carbocycles. The van der Waals surface area contributed by atoms with Crippen LogP contribution in [0.1, 0.15) is 49.3 Å². The zero-order valence-electron chi connectivity index (χ0n) is 10.2. The third kappa shape index (κ3) is 4.15. The number of nitrogens with two attached hydrogens (primary N) is 1. The molecule has 2 nitrogen and oxygen atoms in total. The maximum absolute atomic E-state index is 6.16. The Morgan fingerprint density at radius 3 is 2.94 bits per heavy atom. The summed E-state index contributed by atoms with van der Waals surface area (Å²) in [6, 6.07) is 2.19. The lowest BCUT2D eigenvalue weighted by Gasteiger charge is -2.13. The minimum absolute atomic E-state index is 0.159. The Hall–Kier alpha value is -1.15. The molecule has 0 aliphatic rings. The second-order valence-electron chi connectivity index (χ2n) is 4.27. The SMILES string of the molecule is C=CCCCCCC(N)c1ccncc1C. The molecular weight excluding hydrogens is 196 g/mol. The van der Waals surface area contributed by atoms with Crippen LogP contribution in [-0.4, -0.2) is 4.98 Å². The molecule has 2 N–H and O–H groups in total. The van der Waals surface area contributed by atoms with Crippen molar-refractivity contribution >= 4 is 0 Å². The van der Waals surface area contributed by atoms with Gasteiger partial charge in [-0.3, -0.25) is 4.98 Å². The summed E-state index contributed by atoms with van der Waals surface area (Å²) in [6.07, 6.45) is 11.5. The summed E-state index contributed by atoms with van der Waals surface area (Å²) in [5.74, 6) is 0. The molecule has 16 heavy (non-hydrogen) atoms. The van der Waals surface area contributed by atoms with E-state index in [2.05, 4.69) is 18.5 Å². The van der Waals surface area contributed by atoms with Crippen molar-refractivity contribution in [3.05, 3.63) is 42.2 Å². The van der Waals surface area contributed by atoms with E-state index in [1.165, 1.54) is 30.4 Å². The number of hydrogen-bond donors (Lipinski definition) is 1. The lowest BCUT2D eigenvalue weighted by atomic mass is 9.98. The Balaban J connectivity index is 2.32. The van der Waals surface area contributed by atoms with Crippen LogP contribution in [0, 0.1) is 6.92 Å². The summed E-state index contributed by atoms with van der Waals surface area (Å²) in [5, 5.41) is 0. The molecule has 1 rings (SSSR count). The van der Waals surface area contributed by atoms with E-state index in [0.717, 1.165) is 12.8 Å². The quantitative estimate of drug-likeness (QED) is 0.561. The van der Waals surface area contributed by atoms with Gasteiger partial charge in [0.05, 0.1) is 0 Å². The molecule has 88 valence electrons. The lowest BCUT2D eigenvalue weighted by Crippen LogP contribution is -2.11. The molecule has 0 aliphatic heterocycles. The Morgan fingerprint density at radius 1 is 1.44 bits per heavy atom. The first kappa shape index (κ1) is 12.9. The fourth-order valence-corrected chi connectivity index (χ4v) is 1.89. The molecule has 1 unspecified atom stereocenters. The van der Waals surface area contributed by atoms with Crippen LogP contribution >= 0.6 is 0 Å². The molecule has 0 spiro atoms. The van der Waals surface area contributed by atoms with E-state index in [0.29, 0.717) is 0 Å². The summed E-state index contributed by atoms with van der Waals surface area (Å²) in [6.45, 7) is 5.79. The topological polar surface area (TPSA) is 38.9 Å². The van der Waals surface area contributed by atoms with Crippen molar-refractivity contribution in [2.45, 2.75) is 45.1 Å². The summed E-state index contributed by atoms with van der Waals surface area (Å²) in [7, 11) is 0. The fourth-order valence-electron chi connectivity index (χ4n) is 1.89. The highest BCUT2D eigenvalue weighted by Crippen LogP contribution is 2.19. The molecule has 0 amide bonds. The molecule has 2 heteroatoms. The summed E-state index contributed by atoms with van der Waals surface area (Å²) in [4.78, 5) is 4.08. The molecule has 1 aromatic rings. The standard InChI is InChI=1S/C14H22N2/c1-3-4-5-6-7-8-14(15)13-9-10-16-11-12(13)2/h3,9-11,14H,1,4-8,15H2,2H3. The van der Waals surface area contributed by atoms with Gasteiger partial charge in [0.2, 0.25) is 0 Å². The maximum atomic E-state index is 6.16. The Morgan fingerprint density at radius 2 is 2.25 bits per heavy atom. The highest BCUT2D eigenvalue weighted by Gasteiger charge is 2.07. The predicted octanol–water partition coefficient (Wildman–Crippen LogP) is 3.53. The minimum Gasteiger partial charge on any atom is -0.324 e. The number of rotatable bonds is 7. The van der Waals surface area contributed by atoms with E-state index in [1.807, 2.05) is 24.5 Å². The molecular formula is C14H22N2. The summed E-state index contributed by atoms with van der Waals surface area (Å²) < 4.78 is 0. The van der Waals surface area contributed by atoms with Gasteiger partial charge in [-0.2, -0.15) is 0 Å². The van der Waals surface area contributed by atoms with E-state index in [-0.39, 0.29) is 6.04 Å². The highest BCUT2D eigenvalue weighted by molar-refractivity contribution is 5.24. The molecule has 1 atom stereocenters. The van der Waals surface area contributed by atoms with Crippen molar-refractivity contribution in [2.24, 2.45) is 5.73 Å². The van der Waals surface area contributed by atoms with Crippen LogP contribution in [0.15, 0.2) is 31.1 Å². The normalized spacial score (nSPS) is 12.4. The van der Waals surface area contributed by atoms with Crippen LogP contribution in [-0.2, 0) is 0 Å². The zero-order chi connectivity index (χ0) is 11.8. The van der Waals surface area contributed by atoms with E-state index < -0.39 is 0 Å². The molecule has 0 fully saturated rings. The van der Waals surface area contributed by atoms with Gasteiger partial charge in [-0.25, -0.2) is 0 Å². The third-order valence-electron chi connectivity index (χ3n) is 2.89. The number of nitrogens with zero attached hydrogens (tertiary/aromatic N) is 1. The second kappa shape index (κ2) is 7.18. The van der Waals surface area contributed by atoms with E-state index in [1.54, 1.807) is 0 Å². The summed E-state index contributed by atoms with van der Waals surface area (Å²) in [5.41, 5.74) is 8.59. The Kier molecular flexibility index (Phi) is 5.79. The van der Waals surface area contributed by atoms with Gasteiger partial charge < -0.3 is 5.73 Å². The van der Waals surface area contributed by atoms with Gasteiger partial charge in [0, 0.05) is 18.4 Å². The maximum Gasteiger partial charge on any atom is 0.0300 e. The van der Waals surface area contributed by atoms with E-state index in [4.69, 9.17) is 5.73 Å². The lowest BCUT2D eigenvalue weighted by molar-refractivity contribution is 0.570. The van der Waals surface area contributed by atoms with Crippen molar-refractivity contribution in [2.75, 3.05) is 0 Å². The number of unbranched alkanes of at least 4 members (excludes halogenated alkanes) is 3. The number of aromatic nitrogens is 1. The monoisotopic (exact) mass is 218 g/mol. The van der Waals surface area contributed by atoms with Gasteiger partial charge in [0.1, 0.15) is 0 Å². The van der Waals surface area contributed by atoms with Crippen LogP contribution in [0.3, 0.4) is 0 Å².